The van der Waals surface area contributed by atoms with Crippen LogP contribution >= 0.6 is 0 Å². The summed E-state index contributed by atoms with van der Waals surface area (Å²) in [7, 11) is 0. The van der Waals surface area contributed by atoms with Gasteiger partial charge in [-0.15, -0.1) is 0 Å². The standard InChI is InChI=1S/C19H32O3/c1-12-7-9-15(11-20)18-16(13(2)8-10-17(12)18)6-4-5-14(3)19(21)22/h5,12-13,15-18,20H,4,6-11H2,1-3H3,(H,21,22)/b14-5+. The molecule has 0 aromatic carbocycles. The fraction of sp³-hybridized carbons (Fsp3) is 0.842. The van der Waals surface area contributed by atoms with Gasteiger partial charge in [-0.1, -0.05) is 32.8 Å². The summed E-state index contributed by atoms with van der Waals surface area (Å²) in [5, 5.41) is 18.8. The molecule has 2 aliphatic rings. The van der Waals surface area contributed by atoms with Gasteiger partial charge in [0.25, 0.3) is 0 Å². The van der Waals surface area contributed by atoms with Gasteiger partial charge in [-0.05, 0) is 68.1 Å². The number of allylic oxidation sites excluding steroid dienone is 1. The first-order valence-electron chi connectivity index (χ1n) is 8.96. The van der Waals surface area contributed by atoms with E-state index >= 15 is 0 Å². The molecule has 0 bridgehead atoms. The van der Waals surface area contributed by atoms with E-state index in [1.165, 1.54) is 19.3 Å². The number of hydrogen-bond acceptors (Lipinski definition) is 2. The lowest BCUT2D eigenvalue weighted by Crippen LogP contribution is -2.45. The van der Waals surface area contributed by atoms with E-state index in [1.807, 2.05) is 6.08 Å². The number of carbonyl (C=O) groups is 1. The third-order valence-electron chi connectivity index (χ3n) is 6.47. The SMILES string of the molecule is C/C(=C\CCC1C(C)CCC2C(C)CCC(CO)C12)C(=O)O. The van der Waals surface area contributed by atoms with Gasteiger partial charge in [-0.3, -0.25) is 0 Å². The minimum atomic E-state index is -0.811. The number of hydrogen-bond donors (Lipinski definition) is 2. The highest BCUT2D eigenvalue weighted by Gasteiger charge is 2.45. The number of fused-ring (bicyclic) bond motifs is 1. The van der Waals surface area contributed by atoms with Gasteiger partial charge in [0, 0.05) is 12.2 Å². The van der Waals surface area contributed by atoms with Crippen LogP contribution in [0.4, 0.5) is 0 Å². The lowest BCUT2D eigenvalue weighted by Gasteiger charge is -2.51. The lowest BCUT2D eigenvalue weighted by molar-refractivity contribution is -0.132. The van der Waals surface area contributed by atoms with E-state index in [4.69, 9.17) is 5.11 Å². The topological polar surface area (TPSA) is 57.5 Å². The first-order chi connectivity index (χ1) is 10.5. The first kappa shape index (κ1) is 17.5. The van der Waals surface area contributed by atoms with Crippen LogP contribution in [0.3, 0.4) is 0 Å². The van der Waals surface area contributed by atoms with Gasteiger partial charge >= 0.3 is 5.97 Å². The second kappa shape index (κ2) is 7.63. The Morgan fingerprint density at radius 2 is 1.82 bits per heavy atom. The van der Waals surface area contributed by atoms with Gasteiger partial charge in [-0.25, -0.2) is 4.79 Å². The average Bonchev–Trinajstić information content (AvgIpc) is 2.49. The van der Waals surface area contributed by atoms with Crippen molar-refractivity contribution in [3.8, 4) is 0 Å². The normalized spacial score (nSPS) is 39.4. The largest absolute Gasteiger partial charge is 0.478 e. The summed E-state index contributed by atoms with van der Waals surface area (Å²) in [4.78, 5) is 10.9. The maximum absolute atomic E-state index is 10.9. The monoisotopic (exact) mass is 308 g/mol. The Kier molecular flexibility index (Phi) is 6.08. The predicted molar refractivity (Wildman–Crippen MR) is 88.5 cm³/mol. The molecule has 6 atom stereocenters. The van der Waals surface area contributed by atoms with Crippen molar-refractivity contribution in [1.82, 2.24) is 0 Å². The third-order valence-corrected chi connectivity index (χ3v) is 6.47. The molecule has 126 valence electrons. The minimum absolute atomic E-state index is 0.321. The Bertz CT molecular complexity index is 415. The summed E-state index contributed by atoms with van der Waals surface area (Å²) < 4.78 is 0. The van der Waals surface area contributed by atoms with Gasteiger partial charge in [0.1, 0.15) is 0 Å². The Labute approximate surface area is 134 Å². The molecule has 2 fully saturated rings. The number of aliphatic hydroxyl groups excluding tert-OH is 1. The molecule has 2 rings (SSSR count). The van der Waals surface area contributed by atoms with Gasteiger partial charge < -0.3 is 10.2 Å². The molecule has 6 unspecified atom stereocenters. The average molecular weight is 308 g/mol. The highest BCUT2D eigenvalue weighted by Crippen LogP contribution is 2.52. The highest BCUT2D eigenvalue weighted by atomic mass is 16.4. The summed E-state index contributed by atoms with van der Waals surface area (Å²) >= 11 is 0. The van der Waals surface area contributed by atoms with E-state index < -0.39 is 5.97 Å². The van der Waals surface area contributed by atoms with Gasteiger partial charge in [-0.2, -0.15) is 0 Å². The van der Waals surface area contributed by atoms with Crippen LogP contribution in [0.1, 0.15) is 59.3 Å². The van der Waals surface area contributed by atoms with Crippen LogP contribution in [0.2, 0.25) is 0 Å². The molecular weight excluding hydrogens is 276 g/mol. The van der Waals surface area contributed by atoms with Gasteiger partial charge in [0.15, 0.2) is 0 Å². The van der Waals surface area contributed by atoms with Gasteiger partial charge in [0.05, 0.1) is 0 Å². The zero-order valence-electron chi connectivity index (χ0n) is 14.3. The van der Waals surface area contributed by atoms with Crippen molar-refractivity contribution in [2.45, 2.75) is 59.3 Å². The van der Waals surface area contributed by atoms with Crippen molar-refractivity contribution in [2.75, 3.05) is 6.61 Å². The van der Waals surface area contributed by atoms with Crippen LogP contribution in [0.5, 0.6) is 0 Å². The molecule has 3 nitrogen and oxygen atoms in total. The molecular formula is C19H32O3. The van der Waals surface area contributed by atoms with Gasteiger partial charge in [0.2, 0.25) is 0 Å². The third kappa shape index (κ3) is 3.73. The quantitative estimate of drug-likeness (QED) is 0.751. The van der Waals surface area contributed by atoms with Crippen molar-refractivity contribution in [3.05, 3.63) is 11.6 Å². The molecule has 0 amide bonds. The second-order valence-corrected chi connectivity index (χ2v) is 7.73. The molecule has 3 heteroatoms. The van der Waals surface area contributed by atoms with E-state index in [0.717, 1.165) is 31.1 Å². The van der Waals surface area contributed by atoms with E-state index in [-0.39, 0.29) is 0 Å². The maximum Gasteiger partial charge on any atom is 0.330 e. The Hall–Kier alpha value is -0.830. The molecule has 0 aromatic heterocycles. The molecule has 2 aliphatic carbocycles. The van der Waals surface area contributed by atoms with E-state index in [0.29, 0.717) is 35.9 Å². The first-order valence-corrected chi connectivity index (χ1v) is 8.96. The van der Waals surface area contributed by atoms with Crippen molar-refractivity contribution in [1.29, 1.82) is 0 Å². The second-order valence-electron chi connectivity index (χ2n) is 7.73. The highest BCUT2D eigenvalue weighted by molar-refractivity contribution is 5.85. The summed E-state index contributed by atoms with van der Waals surface area (Å²) in [5.74, 6) is 3.15. The van der Waals surface area contributed by atoms with Crippen LogP contribution in [0, 0.1) is 35.5 Å². The van der Waals surface area contributed by atoms with Crippen LogP contribution in [-0.4, -0.2) is 22.8 Å². The maximum atomic E-state index is 10.9. The van der Waals surface area contributed by atoms with E-state index in [1.54, 1.807) is 6.92 Å². The van der Waals surface area contributed by atoms with Crippen LogP contribution in [0.25, 0.3) is 0 Å². The number of aliphatic carboxylic acids is 1. The summed E-state index contributed by atoms with van der Waals surface area (Å²) in [5.41, 5.74) is 0.454. The van der Waals surface area contributed by atoms with Crippen molar-refractivity contribution < 1.29 is 15.0 Å². The summed E-state index contributed by atoms with van der Waals surface area (Å²) in [6, 6.07) is 0. The minimum Gasteiger partial charge on any atom is -0.478 e. The summed E-state index contributed by atoms with van der Waals surface area (Å²) in [6.07, 6.45) is 8.80. The molecule has 0 spiro atoms. The van der Waals surface area contributed by atoms with Crippen LogP contribution in [0.15, 0.2) is 11.6 Å². The molecule has 0 radical (unpaired) electrons. The molecule has 0 heterocycles. The van der Waals surface area contributed by atoms with E-state index in [9.17, 15) is 9.90 Å². The summed E-state index contributed by atoms with van der Waals surface area (Å²) in [6.45, 7) is 6.73. The fourth-order valence-corrected chi connectivity index (χ4v) is 5.07. The zero-order chi connectivity index (χ0) is 16.3. The van der Waals surface area contributed by atoms with Crippen LogP contribution < -0.4 is 0 Å². The number of carboxylic acid groups (broad SMARTS) is 1. The molecule has 0 aliphatic heterocycles. The number of rotatable bonds is 5. The molecule has 0 aromatic rings. The predicted octanol–water partition coefficient (Wildman–Crippen LogP) is 4.11. The Morgan fingerprint density at radius 1 is 1.14 bits per heavy atom. The smallest absolute Gasteiger partial charge is 0.330 e. The van der Waals surface area contributed by atoms with Crippen molar-refractivity contribution in [2.24, 2.45) is 35.5 Å². The Balaban J connectivity index is 2.08. The lowest BCUT2D eigenvalue weighted by atomic mass is 9.54. The fourth-order valence-electron chi connectivity index (χ4n) is 5.07. The van der Waals surface area contributed by atoms with E-state index in [2.05, 4.69) is 13.8 Å². The zero-order valence-corrected chi connectivity index (χ0v) is 14.3. The van der Waals surface area contributed by atoms with Crippen molar-refractivity contribution in [3.63, 3.8) is 0 Å². The molecule has 2 saturated carbocycles. The molecule has 22 heavy (non-hydrogen) atoms. The Morgan fingerprint density at radius 3 is 2.45 bits per heavy atom. The molecule has 2 N–H and O–H groups in total. The number of carboxylic acids is 1. The van der Waals surface area contributed by atoms with Crippen molar-refractivity contribution >= 4 is 5.97 Å². The van der Waals surface area contributed by atoms with Crippen LogP contribution in [-0.2, 0) is 4.79 Å². The number of aliphatic hydroxyl groups is 1. The molecule has 0 saturated heterocycles.